The molecule has 0 saturated carbocycles. The fourth-order valence-corrected chi connectivity index (χ4v) is 4.86. The summed E-state index contributed by atoms with van der Waals surface area (Å²) in [6.07, 6.45) is 3.30. The average molecular weight is 484 g/mol. The Hall–Kier alpha value is -3.97. The summed E-state index contributed by atoms with van der Waals surface area (Å²) in [6, 6.07) is 20.5. The minimum absolute atomic E-state index is 0.173. The van der Waals surface area contributed by atoms with Gasteiger partial charge in [-0.2, -0.15) is 0 Å². The summed E-state index contributed by atoms with van der Waals surface area (Å²) < 4.78 is 13.7. The van der Waals surface area contributed by atoms with E-state index in [1.807, 2.05) is 24.3 Å². The average Bonchev–Trinajstić information content (AvgIpc) is 3.49. The van der Waals surface area contributed by atoms with Crippen LogP contribution in [0, 0.1) is 5.82 Å². The van der Waals surface area contributed by atoms with Crippen LogP contribution in [0.25, 0.3) is 17.1 Å². The maximum atomic E-state index is 13.7. The van der Waals surface area contributed by atoms with E-state index in [0.717, 1.165) is 35.5 Å². The van der Waals surface area contributed by atoms with Gasteiger partial charge in [-0.15, -0.1) is 0 Å². The Labute approximate surface area is 210 Å². The van der Waals surface area contributed by atoms with Crippen molar-refractivity contribution in [3.8, 4) is 0 Å². The van der Waals surface area contributed by atoms with Crippen molar-refractivity contribution < 1.29 is 9.18 Å². The SMILES string of the molecule is CC(C)N1CC(c2ccc(C=CC(=O)Nc3ccccc3N)cc2)C(c2nc3ccc(F)cc3[nH]2)C1. The molecular formula is C29H30FN5O. The third-order valence-electron chi connectivity index (χ3n) is 6.90. The van der Waals surface area contributed by atoms with Crippen molar-refractivity contribution in [3.05, 3.63) is 95.6 Å². The van der Waals surface area contributed by atoms with Crippen LogP contribution in [0.3, 0.4) is 0 Å². The third kappa shape index (κ3) is 5.02. The van der Waals surface area contributed by atoms with Crippen LogP contribution in [-0.4, -0.2) is 39.9 Å². The molecule has 1 aliphatic heterocycles. The van der Waals surface area contributed by atoms with Crippen LogP contribution in [0.15, 0.2) is 72.8 Å². The van der Waals surface area contributed by atoms with Gasteiger partial charge in [0, 0.05) is 37.0 Å². The number of amides is 1. The predicted octanol–water partition coefficient (Wildman–Crippen LogP) is 5.53. The van der Waals surface area contributed by atoms with Crippen LogP contribution in [-0.2, 0) is 4.79 Å². The van der Waals surface area contributed by atoms with E-state index in [1.54, 1.807) is 24.3 Å². The molecule has 36 heavy (non-hydrogen) atoms. The zero-order valence-corrected chi connectivity index (χ0v) is 20.4. The molecule has 4 aromatic rings. The highest BCUT2D eigenvalue weighted by molar-refractivity contribution is 6.03. The first-order chi connectivity index (χ1) is 17.4. The Kier molecular flexibility index (Phi) is 6.57. The highest BCUT2D eigenvalue weighted by Gasteiger charge is 2.37. The maximum absolute atomic E-state index is 13.7. The number of nitrogens with one attached hydrogen (secondary N) is 2. The van der Waals surface area contributed by atoms with Gasteiger partial charge in [0.25, 0.3) is 0 Å². The summed E-state index contributed by atoms with van der Waals surface area (Å²) in [5.41, 5.74) is 10.7. The summed E-state index contributed by atoms with van der Waals surface area (Å²) >= 11 is 0. The lowest BCUT2D eigenvalue weighted by Gasteiger charge is -2.20. The topological polar surface area (TPSA) is 87.0 Å². The number of carbonyl (C=O) groups is 1. The van der Waals surface area contributed by atoms with Gasteiger partial charge in [0.2, 0.25) is 5.91 Å². The molecule has 0 radical (unpaired) electrons. The highest BCUT2D eigenvalue weighted by Crippen LogP contribution is 2.40. The van der Waals surface area contributed by atoms with Crippen molar-refractivity contribution >= 4 is 34.4 Å². The van der Waals surface area contributed by atoms with Crippen molar-refractivity contribution in [1.82, 2.24) is 14.9 Å². The van der Waals surface area contributed by atoms with Crippen LogP contribution in [0.1, 0.15) is 42.6 Å². The number of imidazole rings is 1. The van der Waals surface area contributed by atoms with Crippen molar-refractivity contribution in [2.24, 2.45) is 0 Å². The summed E-state index contributed by atoms with van der Waals surface area (Å²) in [4.78, 5) is 22.9. The lowest BCUT2D eigenvalue weighted by molar-refractivity contribution is -0.111. The number of rotatable bonds is 6. The standard InChI is InChI=1S/C29H30FN5O/c1-18(2)35-16-22(23(17-35)29-33-26-13-12-21(30)15-27(26)34-29)20-10-7-19(8-11-20)9-14-28(36)32-25-6-4-3-5-24(25)31/h3-15,18,22-23H,16-17,31H2,1-2H3,(H,32,36)(H,33,34). The molecule has 6 nitrogen and oxygen atoms in total. The summed E-state index contributed by atoms with van der Waals surface area (Å²) in [5, 5.41) is 2.80. The molecule has 1 fully saturated rings. The van der Waals surface area contributed by atoms with Gasteiger partial charge in [0.05, 0.1) is 22.4 Å². The Morgan fingerprint density at radius 2 is 1.86 bits per heavy atom. The quantitative estimate of drug-likeness (QED) is 0.249. The van der Waals surface area contributed by atoms with Gasteiger partial charge >= 0.3 is 0 Å². The van der Waals surface area contributed by atoms with Gasteiger partial charge < -0.3 is 16.0 Å². The van der Waals surface area contributed by atoms with Gasteiger partial charge in [-0.3, -0.25) is 9.69 Å². The highest BCUT2D eigenvalue weighted by atomic mass is 19.1. The minimum atomic E-state index is -0.269. The van der Waals surface area contributed by atoms with Crippen LogP contribution in [0.2, 0.25) is 0 Å². The molecule has 1 saturated heterocycles. The van der Waals surface area contributed by atoms with Gasteiger partial charge in [-0.1, -0.05) is 36.4 Å². The first-order valence-electron chi connectivity index (χ1n) is 12.2. The number of nitrogen functional groups attached to an aromatic ring is 1. The van der Waals surface area contributed by atoms with Crippen molar-refractivity contribution in [2.75, 3.05) is 24.1 Å². The molecule has 0 spiro atoms. The molecule has 2 unspecified atom stereocenters. The van der Waals surface area contributed by atoms with Gasteiger partial charge in [0.1, 0.15) is 11.6 Å². The molecule has 0 aliphatic carbocycles. The van der Waals surface area contributed by atoms with Crippen molar-refractivity contribution in [3.63, 3.8) is 0 Å². The number of anilines is 2. The van der Waals surface area contributed by atoms with Crippen molar-refractivity contribution in [2.45, 2.75) is 31.7 Å². The number of nitrogens with two attached hydrogens (primary N) is 1. The maximum Gasteiger partial charge on any atom is 0.248 e. The molecule has 2 atom stereocenters. The number of para-hydroxylation sites is 2. The lowest BCUT2D eigenvalue weighted by Crippen LogP contribution is -2.28. The second-order valence-electron chi connectivity index (χ2n) is 9.62. The Morgan fingerprint density at radius 1 is 1.11 bits per heavy atom. The van der Waals surface area contributed by atoms with E-state index < -0.39 is 0 Å². The summed E-state index contributed by atoms with van der Waals surface area (Å²) in [7, 11) is 0. The van der Waals surface area contributed by atoms with E-state index >= 15 is 0 Å². The fourth-order valence-electron chi connectivity index (χ4n) is 4.86. The normalized spacial score (nSPS) is 18.4. The molecule has 1 aromatic heterocycles. The molecule has 0 bridgehead atoms. The van der Waals surface area contributed by atoms with Crippen LogP contribution in [0.4, 0.5) is 15.8 Å². The number of fused-ring (bicyclic) bond motifs is 1. The number of aromatic amines is 1. The van der Waals surface area contributed by atoms with E-state index in [-0.39, 0.29) is 23.6 Å². The molecule has 2 heterocycles. The Bertz CT molecular complexity index is 1410. The van der Waals surface area contributed by atoms with Crippen LogP contribution in [0.5, 0.6) is 0 Å². The van der Waals surface area contributed by atoms with Crippen molar-refractivity contribution in [1.29, 1.82) is 0 Å². The molecule has 184 valence electrons. The first-order valence-corrected chi connectivity index (χ1v) is 12.2. The summed E-state index contributed by atoms with van der Waals surface area (Å²) in [6.45, 7) is 6.21. The molecule has 1 aliphatic rings. The van der Waals surface area contributed by atoms with Gasteiger partial charge in [-0.05, 0) is 61.4 Å². The molecule has 3 aromatic carbocycles. The molecular weight excluding hydrogens is 453 g/mol. The minimum Gasteiger partial charge on any atom is -0.397 e. The number of hydrogen-bond donors (Lipinski definition) is 3. The van der Waals surface area contributed by atoms with E-state index in [2.05, 4.69) is 41.2 Å². The number of carbonyl (C=O) groups excluding carboxylic acids is 1. The number of halogens is 1. The van der Waals surface area contributed by atoms with Crippen LogP contribution < -0.4 is 11.1 Å². The fraction of sp³-hybridized carbons (Fsp3) is 0.241. The number of likely N-dealkylation sites (tertiary alicyclic amines) is 1. The van der Waals surface area contributed by atoms with Crippen LogP contribution >= 0.6 is 0 Å². The van der Waals surface area contributed by atoms with Gasteiger partial charge in [-0.25, -0.2) is 9.37 Å². The number of H-pyrrole nitrogens is 1. The van der Waals surface area contributed by atoms with E-state index in [4.69, 9.17) is 10.7 Å². The number of aromatic nitrogens is 2. The largest absolute Gasteiger partial charge is 0.397 e. The first kappa shape index (κ1) is 23.8. The lowest BCUT2D eigenvalue weighted by atomic mass is 9.88. The second kappa shape index (κ2) is 9.95. The zero-order chi connectivity index (χ0) is 25.2. The Balaban J connectivity index is 1.34. The Morgan fingerprint density at radius 3 is 2.61 bits per heavy atom. The molecule has 7 heteroatoms. The monoisotopic (exact) mass is 483 g/mol. The predicted molar refractivity (Wildman–Crippen MR) is 143 cm³/mol. The molecule has 4 N–H and O–H groups in total. The molecule has 5 rings (SSSR count). The molecule has 1 amide bonds. The summed E-state index contributed by atoms with van der Waals surface area (Å²) in [5.74, 6) is 0.812. The third-order valence-corrected chi connectivity index (χ3v) is 6.90. The van der Waals surface area contributed by atoms with Gasteiger partial charge in [0.15, 0.2) is 0 Å². The van der Waals surface area contributed by atoms with E-state index in [9.17, 15) is 9.18 Å². The van der Waals surface area contributed by atoms with E-state index in [0.29, 0.717) is 17.4 Å². The zero-order valence-electron chi connectivity index (χ0n) is 20.4. The van der Waals surface area contributed by atoms with E-state index in [1.165, 1.54) is 23.8 Å². The smallest absolute Gasteiger partial charge is 0.248 e. The number of benzene rings is 3. The number of nitrogens with zero attached hydrogens (tertiary/aromatic N) is 2. The second-order valence-corrected chi connectivity index (χ2v) is 9.62. The number of hydrogen-bond acceptors (Lipinski definition) is 4.